The highest BCUT2D eigenvalue weighted by Crippen LogP contribution is 2.20. The maximum Gasteiger partial charge on any atom is 0.317 e. The fourth-order valence-electron chi connectivity index (χ4n) is 3.24. The molecule has 26 heavy (non-hydrogen) atoms. The Morgan fingerprint density at radius 3 is 2.62 bits per heavy atom. The smallest absolute Gasteiger partial charge is 0.317 e. The summed E-state index contributed by atoms with van der Waals surface area (Å²) < 4.78 is 24.7. The number of nitrogens with one attached hydrogen (secondary N) is 1. The second-order valence-electron chi connectivity index (χ2n) is 6.90. The Kier molecular flexibility index (Phi) is 5.31. The van der Waals surface area contributed by atoms with Gasteiger partial charge in [0.2, 0.25) is 0 Å². The molecule has 1 fully saturated rings. The molecule has 0 bridgehead atoms. The molecular weight excluding hydrogens is 352 g/mol. The SMILES string of the molecule is Cn1cc(CC2CCN(C(=O)NCc3ccc(S(C)(=O)=O)cc3)C2)cn1. The predicted octanol–water partition coefficient (Wildman–Crippen LogP) is 1.60. The van der Waals surface area contributed by atoms with Crippen molar-refractivity contribution in [2.75, 3.05) is 19.3 Å². The Hall–Kier alpha value is -2.35. The van der Waals surface area contributed by atoms with E-state index in [2.05, 4.69) is 10.4 Å². The molecule has 2 amide bonds. The molecule has 1 aliphatic heterocycles. The summed E-state index contributed by atoms with van der Waals surface area (Å²) in [7, 11) is -1.29. The van der Waals surface area contributed by atoms with Gasteiger partial charge in [0.1, 0.15) is 0 Å². The van der Waals surface area contributed by atoms with Crippen LogP contribution in [0.4, 0.5) is 4.79 Å². The summed E-state index contributed by atoms with van der Waals surface area (Å²) in [4.78, 5) is 14.5. The number of carbonyl (C=O) groups is 1. The van der Waals surface area contributed by atoms with Gasteiger partial charge in [-0.3, -0.25) is 4.68 Å². The van der Waals surface area contributed by atoms with Crippen LogP contribution >= 0.6 is 0 Å². The molecule has 3 rings (SSSR count). The molecule has 0 aliphatic carbocycles. The number of nitrogens with zero attached hydrogens (tertiary/aromatic N) is 3. The lowest BCUT2D eigenvalue weighted by atomic mass is 10.0. The molecule has 1 aromatic heterocycles. The number of rotatable bonds is 5. The van der Waals surface area contributed by atoms with Crippen molar-refractivity contribution in [3.05, 3.63) is 47.8 Å². The average molecular weight is 376 g/mol. The highest BCUT2D eigenvalue weighted by Gasteiger charge is 2.26. The van der Waals surface area contributed by atoms with Crippen LogP contribution in [0.25, 0.3) is 0 Å². The standard InChI is InChI=1S/C18H24N4O3S/c1-21-12-16(11-20-21)9-15-7-8-22(13-15)18(23)19-10-14-3-5-17(6-4-14)26(2,24)25/h3-6,11-12,15H,7-10,13H2,1-2H3,(H,19,23). The van der Waals surface area contributed by atoms with Crippen molar-refractivity contribution in [2.45, 2.75) is 24.3 Å². The van der Waals surface area contributed by atoms with Crippen LogP contribution in [0.3, 0.4) is 0 Å². The lowest BCUT2D eigenvalue weighted by molar-refractivity contribution is 0.206. The molecule has 1 saturated heterocycles. The third-order valence-electron chi connectivity index (χ3n) is 4.65. The topological polar surface area (TPSA) is 84.3 Å². The second kappa shape index (κ2) is 7.49. The molecular formula is C18H24N4O3S. The van der Waals surface area contributed by atoms with Gasteiger partial charge in [-0.25, -0.2) is 13.2 Å². The normalized spacial score (nSPS) is 17.5. The van der Waals surface area contributed by atoms with Gasteiger partial charge in [0, 0.05) is 39.1 Å². The van der Waals surface area contributed by atoms with E-state index >= 15 is 0 Å². The van der Waals surface area contributed by atoms with Crippen LogP contribution in [0.2, 0.25) is 0 Å². The molecule has 1 aliphatic rings. The van der Waals surface area contributed by atoms with E-state index in [0.717, 1.165) is 31.5 Å². The molecule has 1 N–H and O–H groups in total. The Morgan fingerprint density at radius 2 is 2.00 bits per heavy atom. The molecule has 0 saturated carbocycles. The summed E-state index contributed by atoms with van der Waals surface area (Å²) in [5, 5.41) is 7.09. The number of hydrogen-bond acceptors (Lipinski definition) is 4. The zero-order chi connectivity index (χ0) is 18.7. The number of sulfone groups is 1. The molecule has 2 aromatic rings. The number of amides is 2. The van der Waals surface area contributed by atoms with Gasteiger partial charge in [-0.2, -0.15) is 5.10 Å². The van der Waals surface area contributed by atoms with Gasteiger partial charge >= 0.3 is 6.03 Å². The molecule has 1 aromatic carbocycles. The lowest BCUT2D eigenvalue weighted by Crippen LogP contribution is -2.38. The molecule has 0 spiro atoms. The van der Waals surface area contributed by atoms with Crippen molar-refractivity contribution < 1.29 is 13.2 Å². The first-order valence-corrected chi connectivity index (χ1v) is 10.5. The molecule has 8 heteroatoms. The van der Waals surface area contributed by atoms with E-state index in [4.69, 9.17) is 0 Å². The van der Waals surface area contributed by atoms with E-state index in [9.17, 15) is 13.2 Å². The van der Waals surface area contributed by atoms with Gasteiger partial charge in [-0.15, -0.1) is 0 Å². The van der Waals surface area contributed by atoms with Gasteiger partial charge in [0.15, 0.2) is 9.84 Å². The van der Waals surface area contributed by atoms with Crippen molar-refractivity contribution in [1.82, 2.24) is 20.0 Å². The van der Waals surface area contributed by atoms with E-state index < -0.39 is 9.84 Å². The maximum atomic E-state index is 12.3. The number of aromatic nitrogens is 2. The summed E-state index contributed by atoms with van der Waals surface area (Å²) in [6.07, 6.45) is 7.00. The fraction of sp³-hybridized carbons (Fsp3) is 0.444. The summed E-state index contributed by atoms with van der Waals surface area (Å²) in [6, 6.07) is 6.51. The number of hydrogen-bond donors (Lipinski definition) is 1. The summed E-state index contributed by atoms with van der Waals surface area (Å²) in [6.45, 7) is 1.88. The minimum absolute atomic E-state index is 0.0779. The quantitative estimate of drug-likeness (QED) is 0.859. The molecule has 7 nitrogen and oxygen atoms in total. The first kappa shape index (κ1) is 18.4. The second-order valence-corrected chi connectivity index (χ2v) is 8.92. The Labute approximate surface area is 153 Å². The van der Waals surface area contributed by atoms with Gasteiger partial charge in [-0.1, -0.05) is 12.1 Å². The number of aryl methyl sites for hydroxylation is 1. The third kappa shape index (κ3) is 4.63. The zero-order valence-corrected chi connectivity index (χ0v) is 15.9. The first-order chi connectivity index (χ1) is 12.3. The number of urea groups is 1. The van der Waals surface area contributed by atoms with E-state index in [1.165, 1.54) is 11.8 Å². The van der Waals surface area contributed by atoms with Crippen LogP contribution in [0.1, 0.15) is 17.5 Å². The Bertz CT molecular complexity index is 874. The van der Waals surface area contributed by atoms with Crippen LogP contribution in [0.5, 0.6) is 0 Å². The van der Waals surface area contributed by atoms with E-state index in [0.29, 0.717) is 12.5 Å². The van der Waals surface area contributed by atoms with Gasteiger partial charge in [0.25, 0.3) is 0 Å². The zero-order valence-electron chi connectivity index (χ0n) is 15.1. The van der Waals surface area contributed by atoms with Crippen molar-refractivity contribution in [1.29, 1.82) is 0 Å². The van der Waals surface area contributed by atoms with Crippen LogP contribution in [-0.4, -0.2) is 48.5 Å². The first-order valence-electron chi connectivity index (χ1n) is 8.60. The summed E-state index contributed by atoms with van der Waals surface area (Å²) >= 11 is 0. The summed E-state index contributed by atoms with van der Waals surface area (Å²) in [5.74, 6) is 0.457. The summed E-state index contributed by atoms with van der Waals surface area (Å²) in [5.41, 5.74) is 2.07. The number of carbonyl (C=O) groups excluding carboxylic acids is 1. The molecule has 0 radical (unpaired) electrons. The maximum absolute atomic E-state index is 12.3. The van der Waals surface area contributed by atoms with Gasteiger partial charge in [-0.05, 0) is 42.0 Å². The predicted molar refractivity (Wildman–Crippen MR) is 98.4 cm³/mol. The van der Waals surface area contributed by atoms with Crippen LogP contribution < -0.4 is 5.32 Å². The average Bonchev–Trinajstić information content (AvgIpc) is 3.22. The third-order valence-corrected chi connectivity index (χ3v) is 5.78. The van der Waals surface area contributed by atoms with Crippen LogP contribution in [0, 0.1) is 5.92 Å². The number of benzene rings is 1. The largest absolute Gasteiger partial charge is 0.334 e. The minimum atomic E-state index is -3.20. The molecule has 2 heterocycles. The molecule has 1 atom stereocenters. The van der Waals surface area contributed by atoms with Crippen LogP contribution in [-0.2, 0) is 29.9 Å². The van der Waals surface area contributed by atoms with E-state index in [1.54, 1.807) is 28.9 Å². The van der Waals surface area contributed by atoms with Crippen molar-refractivity contribution in [2.24, 2.45) is 13.0 Å². The van der Waals surface area contributed by atoms with Gasteiger partial charge < -0.3 is 10.2 Å². The Balaban J connectivity index is 1.48. The van der Waals surface area contributed by atoms with E-state index in [-0.39, 0.29) is 10.9 Å². The lowest BCUT2D eigenvalue weighted by Gasteiger charge is -2.17. The fourth-order valence-corrected chi connectivity index (χ4v) is 3.87. The minimum Gasteiger partial charge on any atom is -0.334 e. The Morgan fingerprint density at radius 1 is 1.27 bits per heavy atom. The monoisotopic (exact) mass is 376 g/mol. The van der Waals surface area contributed by atoms with E-state index in [1.807, 2.05) is 24.3 Å². The molecule has 1 unspecified atom stereocenters. The van der Waals surface area contributed by atoms with Gasteiger partial charge in [0.05, 0.1) is 11.1 Å². The van der Waals surface area contributed by atoms with Crippen molar-refractivity contribution in [3.63, 3.8) is 0 Å². The van der Waals surface area contributed by atoms with Crippen LogP contribution in [0.15, 0.2) is 41.6 Å². The highest BCUT2D eigenvalue weighted by atomic mass is 32.2. The van der Waals surface area contributed by atoms with Crippen molar-refractivity contribution >= 4 is 15.9 Å². The molecule has 140 valence electrons. The van der Waals surface area contributed by atoms with Crippen molar-refractivity contribution in [3.8, 4) is 0 Å². The number of likely N-dealkylation sites (tertiary alicyclic amines) is 1. The highest BCUT2D eigenvalue weighted by molar-refractivity contribution is 7.90.